The van der Waals surface area contributed by atoms with E-state index >= 15 is 0 Å². The maximum absolute atomic E-state index is 13.4. The Morgan fingerprint density at radius 1 is 1.14 bits per heavy atom. The van der Waals surface area contributed by atoms with E-state index in [0.29, 0.717) is 0 Å². The summed E-state index contributed by atoms with van der Waals surface area (Å²) >= 11 is 1.59. The quantitative estimate of drug-likeness (QED) is 0.565. The summed E-state index contributed by atoms with van der Waals surface area (Å²) in [5, 5.41) is 16.1. The number of hydrogen-bond donors (Lipinski definition) is 3. The Labute approximate surface area is 211 Å². The molecule has 8 nitrogen and oxygen atoms in total. The highest BCUT2D eigenvalue weighted by Gasteiger charge is 2.45. The average molecular weight is 501 g/mol. The van der Waals surface area contributed by atoms with Crippen molar-refractivity contribution in [2.45, 2.75) is 78.6 Å². The van der Waals surface area contributed by atoms with Crippen LogP contribution in [-0.4, -0.2) is 57.4 Å². The summed E-state index contributed by atoms with van der Waals surface area (Å²) in [6.07, 6.45) is -0.661. The van der Waals surface area contributed by atoms with Crippen LogP contribution < -0.4 is 10.6 Å². The normalized spacial score (nSPS) is 19.4. The first-order valence-corrected chi connectivity index (χ1v) is 12.7. The Morgan fingerprint density at radius 2 is 1.77 bits per heavy atom. The number of nitrogens with one attached hydrogen (secondary N) is 2. The standard InChI is InChI=1S/C26H36N4O4S/c1-15-21(35-14-27-15)17-8-10-18(11-9-17)26(6,7)29-23(33)20-12-19(32)13-30(20)24(34)22(25(3,4)5)28-16(2)31/h8-11,14,19-20,22,32H,12-13H2,1-7H3,(H,28,31)(H,29,33)/t19-,20+,22-/m1/s1. The zero-order valence-electron chi connectivity index (χ0n) is 21.5. The van der Waals surface area contributed by atoms with Crippen LogP contribution in [0.2, 0.25) is 0 Å². The van der Waals surface area contributed by atoms with Gasteiger partial charge < -0.3 is 20.6 Å². The molecule has 0 bridgehead atoms. The van der Waals surface area contributed by atoms with Crippen LogP contribution in [0, 0.1) is 12.3 Å². The van der Waals surface area contributed by atoms with Gasteiger partial charge in [-0.2, -0.15) is 0 Å². The first-order chi connectivity index (χ1) is 16.2. The molecule has 3 amide bonds. The van der Waals surface area contributed by atoms with Crippen molar-refractivity contribution in [1.82, 2.24) is 20.5 Å². The number of benzene rings is 1. The van der Waals surface area contributed by atoms with Crippen molar-refractivity contribution in [1.29, 1.82) is 0 Å². The van der Waals surface area contributed by atoms with Gasteiger partial charge in [-0.25, -0.2) is 4.98 Å². The van der Waals surface area contributed by atoms with Gasteiger partial charge in [0.05, 0.1) is 27.7 Å². The predicted molar refractivity (Wildman–Crippen MR) is 137 cm³/mol. The Kier molecular flexibility index (Phi) is 7.71. The van der Waals surface area contributed by atoms with Crippen molar-refractivity contribution in [2.75, 3.05) is 6.54 Å². The lowest BCUT2D eigenvalue weighted by Crippen LogP contribution is -2.58. The summed E-state index contributed by atoms with van der Waals surface area (Å²) in [6.45, 7) is 12.8. The number of rotatable bonds is 6. The SMILES string of the molecule is CC(=O)N[C@H](C(=O)N1C[C@H](O)C[C@H]1C(=O)NC(C)(C)c1ccc(-c2scnc2C)cc1)C(C)(C)C. The molecule has 1 fully saturated rings. The highest BCUT2D eigenvalue weighted by atomic mass is 32.1. The highest BCUT2D eigenvalue weighted by Crippen LogP contribution is 2.31. The van der Waals surface area contributed by atoms with Crippen LogP contribution in [0.3, 0.4) is 0 Å². The van der Waals surface area contributed by atoms with Crippen LogP contribution in [0.15, 0.2) is 29.8 Å². The van der Waals surface area contributed by atoms with Gasteiger partial charge in [-0.15, -0.1) is 11.3 Å². The van der Waals surface area contributed by atoms with E-state index in [-0.39, 0.29) is 30.7 Å². The van der Waals surface area contributed by atoms with Gasteiger partial charge in [0.1, 0.15) is 12.1 Å². The Balaban J connectivity index is 1.78. The smallest absolute Gasteiger partial charge is 0.246 e. The molecule has 0 unspecified atom stereocenters. The van der Waals surface area contributed by atoms with E-state index in [1.165, 1.54) is 11.8 Å². The molecule has 0 spiro atoms. The van der Waals surface area contributed by atoms with Crippen LogP contribution >= 0.6 is 11.3 Å². The molecule has 3 atom stereocenters. The molecule has 1 saturated heterocycles. The maximum Gasteiger partial charge on any atom is 0.246 e. The molecule has 0 saturated carbocycles. The zero-order chi connectivity index (χ0) is 26.1. The van der Waals surface area contributed by atoms with E-state index in [2.05, 4.69) is 15.6 Å². The number of nitrogens with zero attached hydrogens (tertiary/aromatic N) is 2. The minimum atomic E-state index is -0.825. The van der Waals surface area contributed by atoms with Gasteiger partial charge in [0.15, 0.2) is 0 Å². The number of likely N-dealkylation sites (tertiary alicyclic amines) is 1. The third-order valence-electron chi connectivity index (χ3n) is 6.38. The van der Waals surface area contributed by atoms with E-state index in [9.17, 15) is 19.5 Å². The molecule has 0 aliphatic carbocycles. The molecule has 1 aliphatic rings. The summed E-state index contributed by atoms with van der Waals surface area (Å²) in [7, 11) is 0. The fourth-order valence-electron chi connectivity index (χ4n) is 4.40. The minimum absolute atomic E-state index is 0.0480. The minimum Gasteiger partial charge on any atom is -0.391 e. The van der Waals surface area contributed by atoms with Gasteiger partial charge in [0.25, 0.3) is 0 Å². The number of aryl methyl sites for hydroxylation is 1. The molecule has 2 heterocycles. The zero-order valence-corrected chi connectivity index (χ0v) is 22.3. The van der Waals surface area contributed by atoms with E-state index < -0.39 is 29.1 Å². The first-order valence-electron chi connectivity index (χ1n) is 11.8. The average Bonchev–Trinajstić information content (AvgIpc) is 3.36. The van der Waals surface area contributed by atoms with Gasteiger partial charge >= 0.3 is 0 Å². The molecule has 0 radical (unpaired) electrons. The van der Waals surface area contributed by atoms with Crippen LogP contribution in [-0.2, 0) is 19.9 Å². The predicted octanol–water partition coefficient (Wildman–Crippen LogP) is 2.98. The van der Waals surface area contributed by atoms with E-state index in [1.54, 1.807) is 11.3 Å². The summed E-state index contributed by atoms with van der Waals surface area (Å²) in [5.74, 6) is -1.03. The van der Waals surface area contributed by atoms with E-state index in [0.717, 1.165) is 21.7 Å². The Morgan fingerprint density at radius 3 is 2.29 bits per heavy atom. The molecule has 1 aromatic carbocycles. The van der Waals surface area contributed by atoms with Gasteiger partial charge in [0, 0.05) is 19.9 Å². The highest BCUT2D eigenvalue weighted by molar-refractivity contribution is 7.13. The fraction of sp³-hybridized carbons (Fsp3) is 0.538. The van der Waals surface area contributed by atoms with Crippen molar-refractivity contribution in [2.24, 2.45) is 5.41 Å². The number of hydrogen-bond acceptors (Lipinski definition) is 6. The molecule has 3 N–H and O–H groups in total. The fourth-order valence-corrected chi connectivity index (χ4v) is 5.22. The lowest BCUT2D eigenvalue weighted by atomic mass is 9.85. The van der Waals surface area contributed by atoms with Crippen molar-refractivity contribution >= 4 is 29.1 Å². The third-order valence-corrected chi connectivity index (χ3v) is 7.35. The second-order valence-electron chi connectivity index (χ2n) is 10.9. The third kappa shape index (κ3) is 6.08. The molecule has 35 heavy (non-hydrogen) atoms. The van der Waals surface area contributed by atoms with Crippen molar-refractivity contribution in [3.63, 3.8) is 0 Å². The molecule has 190 valence electrons. The second kappa shape index (κ2) is 10.1. The van der Waals surface area contributed by atoms with Crippen LogP contribution in [0.25, 0.3) is 10.4 Å². The molecule has 3 rings (SSSR count). The van der Waals surface area contributed by atoms with Crippen LogP contribution in [0.5, 0.6) is 0 Å². The number of aromatic nitrogens is 1. The Bertz CT molecular complexity index is 1090. The van der Waals surface area contributed by atoms with E-state index in [1.807, 2.05) is 71.3 Å². The first kappa shape index (κ1) is 26.8. The molecule has 9 heteroatoms. The van der Waals surface area contributed by atoms with Crippen molar-refractivity contribution < 1.29 is 19.5 Å². The number of β-amino-alcohol motifs (C(OH)–C–C–N with tert-alkyl or cyclic N) is 1. The maximum atomic E-state index is 13.4. The van der Waals surface area contributed by atoms with Gasteiger partial charge in [-0.1, -0.05) is 45.0 Å². The van der Waals surface area contributed by atoms with Gasteiger partial charge in [-0.05, 0) is 37.3 Å². The summed E-state index contributed by atoms with van der Waals surface area (Å²) in [5.41, 5.74) is 3.52. The summed E-state index contributed by atoms with van der Waals surface area (Å²) < 4.78 is 0. The molecular weight excluding hydrogens is 464 g/mol. The number of amides is 3. The monoisotopic (exact) mass is 500 g/mol. The van der Waals surface area contributed by atoms with Crippen molar-refractivity contribution in [3.05, 3.63) is 41.0 Å². The van der Waals surface area contributed by atoms with Crippen LogP contribution in [0.1, 0.15) is 59.2 Å². The topological polar surface area (TPSA) is 112 Å². The number of aliphatic hydroxyl groups excluding tert-OH is 1. The largest absolute Gasteiger partial charge is 0.391 e. The second-order valence-corrected chi connectivity index (χ2v) is 11.7. The molecular formula is C26H36N4O4S. The number of carbonyl (C=O) groups is 3. The molecule has 2 aromatic rings. The van der Waals surface area contributed by atoms with Crippen LogP contribution in [0.4, 0.5) is 0 Å². The summed E-state index contributed by atoms with van der Waals surface area (Å²) in [6, 6.07) is 6.35. The molecule has 1 aromatic heterocycles. The number of aliphatic hydroxyl groups is 1. The number of carbonyl (C=O) groups excluding carboxylic acids is 3. The van der Waals surface area contributed by atoms with Gasteiger partial charge in [0.2, 0.25) is 17.7 Å². The van der Waals surface area contributed by atoms with Gasteiger partial charge in [-0.3, -0.25) is 14.4 Å². The summed E-state index contributed by atoms with van der Waals surface area (Å²) in [4.78, 5) is 45.4. The lowest BCUT2D eigenvalue weighted by molar-refractivity contribution is -0.144. The number of thiazole rings is 1. The lowest BCUT2D eigenvalue weighted by Gasteiger charge is -2.36. The Hall–Kier alpha value is -2.78. The van der Waals surface area contributed by atoms with Crippen molar-refractivity contribution in [3.8, 4) is 10.4 Å². The van der Waals surface area contributed by atoms with E-state index in [4.69, 9.17) is 0 Å². The molecule has 1 aliphatic heterocycles.